The summed E-state index contributed by atoms with van der Waals surface area (Å²) in [6.07, 6.45) is 0. The Kier molecular flexibility index (Phi) is 3.89. The van der Waals surface area contributed by atoms with Gasteiger partial charge in [0.1, 0.15) is 5.82 Å². The average Bonchev–Trinajstić information content (AvgIpc) is 2.43. The van der Waals surface area contributed by atoms with Gasteiger partial charge in [0.15, 0.2) is 0 Å². The summed E-state index contributed by atoms with van der Waals surface area (Å²) in [7, 11) is 0. The average molecular weight is 274 g/mol. The van der Waals surface area contributed by atoms with Crippen molar-refractivity contribution in [3.05, 3.63) is 53.8 Å². The quantitative estimate of drug-likeness (QED) is 0.840. The summed E-state index contributed by atoms with van der Waals surface area (Å²) in [5.41, 5.74) is 7.93. The SMILES string of the molecule is CCN(c1ccc(F)cc1)c1ccc(C(=O)O)cc1N. The Labute approximate surface area is 116 Å². The molecule has 0 saturated carbocycles. The van der Waals surface area contributed by atoms with Gasteiger partial charge in [0.25, 0.3) is 0 Å². The van der Waals surface area contributed by atoms with Crippen molar-refractivity contribution in [1.29, 1.82) is 0 Å². The van der Waals surface area contributed by atoms with Crippen molar-refractivity contribution in [2.75, 3.05) is 17.2 Å². The molecule has 0 spiro atoms. The first-order chi connectivity index (χ1) is 9.52. The van der Waals surface area contributed by atoms with E-state index in [9.17, 15) is 9.18 Å². The second-order valence-corrected chi connectivity index (χ2v) is 4.30. The maximum absolute atomic E-state index is 13.0. The predicted octanol–water partition coefficient (Wildman–Crippen LogP) is 3.26. The maximum Gasteiger partial charge on any atom is 0.335 e. The van der Waals surface area contributed by atoms with Crippen LogP contribution < -0.4 is 10.6 Å². The summed E-state index contributed by atoms with van der Waals surface area (Å²) in [4.78, 5) is 12.8. The van der Waals surface area contributed by atoms with Crippen LogP contribution in [0.3, 0.4) is 0 Å². The van der Waals surface area contributed by atoms with Gasteiger partial charge in [-0.05, 0) is 49.4 Å². The van der Waals surface area contributed by atoms with Crippen molar-refractivity contribution in [3.63, 3.8) is 0 Å². The van der Waals surface area contributed by atoms with Gasteiger partial charge < -0.3 is 15.7 Å². The van der Waals surface area contributed by atoms with Gasteiger partial charge in [-0.2, -0.15) is 0 Å². The van der Waals surface area contributed by atoms with Gasteiger partial charge in [-0.3, -0.25) is 0 Å². The Balaban J connectivity index is 2.41. The van der Waals surface area contributed by atoms with Crippen molar-refractivity contribution in [3.8, 4) is 0 Å². The van der Waals surface area contributed by atoms with Crippen LogP contribution in [0.5, 0.6) is 0 Å². The number of hydrogen-bond acceptors (Lipinski definition) is 3. The summed E-state index contributed by atoms with van der Waals surface area (Å²) in [6.45, 7) is 2.57. The van der Waals surface area contributed by atoms with Crippen LogP contribution in [0, 0.1) is 5.82 Å². The minimum absolute atomic E-state index is 0.140. The molecule has 0 aliphatic heterocycles. The van der Waals surface area contributed by atoms with E-state index in [0.717, 1.165) is 5.69 Å². The van der Waals surface area contributed by atoms with E-state index >= 15 is 0 Å². The van der Waals surface area contributed by atoms with E-state index in [4.69, 9.17) is 10.8 Å². The van der Waals surface area contributed by atoms with Crippen LogP contribution in [0.25, 0.3) is 0 Å². The fourth-order valence-electron chi connectivity index (χ4n) is 2.05. The van der Waals surface area contributed by atoms with Gasteiger partial charge in [0.05, 0.1) is 16.9 Å². The number of nitrogens with zero attached hydrogens (tertiary/aromatic N) is 1. The fraction of sp³-hybridized carbons (Fsp3) is 0.133. The van der Waals surface area contributed by atoms with Crippen LogP contribution in [0.2, 0.25) is 0 Å². The normalized spacial score (nSPS) is 10.3. The third kappa shape index (κ3) is 2.71. The number of carboxylic acid groups (broad SMARTS) is 1. The van der Waals surface area contributed by atoms with Crippen LogP contribution in [0.15, 0.2) is 42.5 Å². The number of halogens is 1. The van der Waals surface area contributed by atoms with E-state index in [1.807, 2.05) is 11.8 Å². The number of carboxylic acids is 1. The van der Waals surface area contributed by atoms with Crippen molar-refractivity contribution >= 4 is 23.0 Å². The maximum atomic E-state index is 13.0. The van der Waals surface area contributed by atoms with Crippen LogP contribution in [0.4, 0.5) is 21.5 Å². The molecule has 0 bridgehead atoms. The largest absolute Gasteiger partial charge is 0.478 e. The molecule has 0 fully saturated rings. The minimum atomic E-state index is -1.02. The topological polar surface area (TPSA) is 66.6 Å². The smallest absolute Gasteiger partial charge is 0.335 e. The summed E-state index contributed by atoms with van der Waals surface area (Å²) in [6, 6.07) is 10.6. The first kappa shape index (κ1) is 13.9. The van der Waals surface area contributed by atoms with Crippen molar-refractivity contribution in [1.82, 2.24) is 0 Å². The molecule has 0 amide bonds. The number of nitrogens with two attached hydrogens (primary N) is 1. The highest BCUT2D eigenvalue weighted by molar-refractivity contribution is 5.91. The molecule has 0 atom stereocenters. The second kappa shape index (κ2) is 5.61. The summed E-state index contributed by atoms with van der Waals surface area (Å²) >= 11 is 0. The van der Waals surface area contributed by atoms with E-state index in [2.05, 4.69) is 0 Å². The van der Waals surface area contributed by atoms with E-state index in [1.165, 1.54) is 24.3 Å². The zero-order chi connectivity index (χ0) is 14.7. The minimum Gasteiger partial charge on any atom is -0.478 e. The molecule has 4 nitrogen and oxygen atoms in total. The van der Waals surface area contributed by atoms with Gasteiger partial charge in [-0.1, -0.05) is 0 Å². The zero-order valence-corrected chi connectivity index (χ0v) is 11.0. The summed E-state index contributed by atoms with van der Waals surface area (Å²) < 4.78 is 13.0. The van der Waals surface area contributed by atoms with Crippen LogP contribution >= 0.6 is 0 Å². The van der Waals surface area contributed by atoms with Crippen molar-refractivity contribution in [2.24, 2.45) is 0 Å². The highest BCUT2D eigenvalue weighted by Gasteiger charge is 2.13. The Morgan fingerprint density at radius 3 is 2.40 bits per heavy atom. The van der Waals surface area contributed by atoms with Crippen LogP contribution in [-0.2, 0) is 0 Å². The lowest BCUT2D eigenvalue weighted by atomic mass is 10.1. The van der Waals surface area contributed by atoms with E-state index in [1.54, 1.807) is 18.2 Å². The van der Waals surface area contributed by atoms with Gasteiger partial charge in [0, 0.05) is 12.2 Å². The van der Waals surface area contributed by atoms with E-state index in [0.29, 0.717) is 17.9 Å². The first-order valence-electron chi connectivity index (χ1n) is 6.19. The highest BCUT2D eigenvalue weighted by Crippen LogP contribution is 2.31. The lowest BCUT2D eigenvalue weighted by molar-refractivity contribution is 0.0697. The molecule has 5 heteroatoms. The molecule has 0 saturated heterocycles. The zero-order valence-electron chi connectivity index (χ0n) is 11.0. The molecular weight excluding hydrogens is 259 g/mol. The number of rotatable bonds is 4. The Hall–Kier alpha value is -2.56. The van der Waals surface area contributed by atoms with Gasteiger partial charge in [-0.25, -0.2) is 9.18 Å². The third-order valence-electron chi connectivity index (χ3n) is 3.02. The first-order valence-corrected chi connectivity index (χ1v) is 6.19. The molecule has 0 aliphatic carbocycles. The molecule has 2 rings (SSSR count). The molecular formula is C15H15FN2O2. The number of benzene rings is 2. The molecule has 2 aromatic carbocycles. The highest BCUT2D eigenvalue weighted by atomic mass is 19.1. The number of anilines is 3. The summed E-state index contributed by atoms with van der Waals surface area (Å²) in [5.74, 6) is -1.33. The standard InChI is InChI=1S/C15H15FN2O2/c1-2-18(12-6-4-11(16)5-7-12)14-8-3-10(15(19)20)9-13(14)17/h3-9H,2,17H2,1H3,(H,19,20). The Bertz CT molecular complexity index is 626. The molecule has 2 aromatic rings. The summed E-state index contributed by atoms with van der Waals surface area (Å²) in [5, 5.41) is 8.93. The lowest BCUT2D eigenvalue weighted by Crippen LogP contribution is -2.17. The Morgan fingerprint density at radius 2 is 1.90 bits per heavy atom. The van der Waals surface area contributed by atoms with E-state index < -0.39 is 5.97 Å². The van der Waals surface area contributed by atoms with Crippen LogP contribution in [0.1, 0.15) is 17.3 Å². The molecule has 0 radical (unpaired) electrons. The predicted molar refractivity (Wildman–Crippen MR) is 76.9 cm³/mol. The van der Waals surface area contributed by atoms with E-state index in [-0.39, 0.29) is 11.4 Å². The number of aromatic carboxylic acids is 1. The molecule has 0 aliphatic rings. The van der Waals surface area contributed by atoms with Crippen molar-refractivity contribution < 1.29 is 14.3 Å². The fourth-order valence-corrected chi connectivity index (χ4v) is 2.05. The number of carbonyl (C=O) groups is 1. The number of nitrogen functional groups attached to an aromatic ring is 1. The number of hydrogen-bond donors (Lipinski definition) is 2. The van der Waals surface area contributed by atoms with Crippen LogP contribution in [-0.4, -0.2) is 17.6 Å². The van der Waals surface area contributed by atoms with Gasteiger partial charge in [-0.15, -0.1) is 0 Å². The molecule has 20 heavy (non-hydrogen) atoms. The van der Waals surface area contributed by atoms with Gasteiger partial charge in [0.2, 0.25) is 0 Å². The lowest BCUT2D eigenvalue weighted by Gasteiger charge is -2.25. The van der Waals surface area contributed by atoms with Crippen molar-refractivity contribution in [2.45, 2.75) is 6.92 Å². The molecule has 104 valence electrons. The molecule has 0 unspecified atom stereocenters. The third-order valence-corrected chi connectivity index (χ3v) is 3.02. The Morgan fingerprint density at radius 1 is 1.25 bits per heavy atom. The second-order valence-electron chi connectivity index (χ2n) is 4.30. The van der Waals surface area contributed by atoms with Gasteiger partial charge >= 0.3 is 5.97 Å². The monoisotopic (exact) mass is 274 g/mol. The molecule has 0 aromatic heterocycles. The molecule has 3 N–H and O–H groups in total. The molecule has 0 heterocycles.